The smallest absolute Gasteiger partial charge is 0.334 e. The van der Waals surface area contributed by atoms with Gasteiger partial charge in [0.1, 0.15) is 6.61 Å². The minimum absolute atomic E-state index is 0.156. The molecule has 0 aliphatic heterocycles. The fourth-order valence-corrected chi connectivity index (χ4v) is 1.67. The average Bonchev–Trinajstić information content (AvgIpc) is 2.81. The van der Waals surface area contributed by atoms with E-state index in [2.05, 4.69) is 0 Å². The molecule has 15 heavy (non-hydrogen) atoms. The summed E-state index contributed by atoms with van der Waals surface area (Å²) in [5.74, 6) is -0.156. The van der Waals surface area contributed by atoms with E-state index in [1.165, 1.54) is 0 Å². The van der Waals surface area contributed by atoms with Crippen molar-refractivity contribution in [2.45, 2.75) is 25.9 Å². The Morgan fingerprint density at radius 2 is 2.07 bits per heavy atom. The van der Waals surface area contributed by atoms with Gasteiger partial charge in [0.25, 0.3) is 0 Å². The van der Waals surface area contributed by atoms with Crippen molar-refractivity contribution in [3.05, 3.63) is 47.5 Å². The number of ether oxygens (including phenoxy) is 1. The van der Waals surface area contributed by atoms with E-state index in [1.54, 1.807) is 0 Å². The fourth-order valence-electron chi connectivity index (χ4n) is 1.67. The highest BCUT2D eigenvalue weighted by Crippen LogP contribution is 2.19. The van der Waals surface area contributed by atoms with E-state index < -0.39 is 0 Å². The second kappa shape index (κ2) is 4.78. The van der Waals surface area contributed by atoms with E-state index in [-0.39, 0.29) is 5.97 Å². The van der Waals surface area contributed by atoms with Crippen LogP contribution in [0.1, 0.15) is 24.8 Å². The minimum atomic E-state index is -0.156. The molecule has 0 spiro atoms. The SMILES string of the molecule is O=C(OCc1ccccc1)C1=CCCC1. The number of hydrogen-bond donors (Lipinski definition) is 0. The Bertz CT molecular complexity index is 365. The maximum atomic E-state index is 11.5. The van der Waals surface area contributed by atoms with Crippen LogP contribution in [0.25, 0.3) is 0 Å². The molecule has 0 bridgehead atoms. The Balaban J connectivity index is 1.86. The molecule has 0 fully saturated rings. The van der Waals surface area contributed by atoms with Crippen LogP contribution in [-0.2, 0) is 16.1 Å². The van der Waals surface area contributed by atoms with E-state index in [4.69, 9.17) is 4.74 Å². The highest BCUT2D eigenvalue weighted by molar-refractivity contribution is 5.88. The molecule has 1 aliphatic carbocycles. The first-order valence-electron chi connectivity index (χ1n) is 5.26. The van der Waals surface area contributed by atoms with Gasteiger partial charge in [-0.15, -0.1) is 0 Å². The molecule has 1 aliphatic rings. The van der Waals surface area contributed by atoms with Crippen LogP contribution < -0.4 is 0 Å². The zero-order chi connectivity index (χ0) is 10.5. The van der Waals surface area contributed by atoms with Crippen molar-refractivity contribution in [3.63, 3.8) is 0 Å². The van der Waals surface area contributed by atoms with Gasteiger partial charge in [0.2, 0.25) is 0 Å². The first-order valence-corrected chi connectivity index (χ1v) is 5.26. The lowest BCUT2D eigenvalue weighted by molar-refractivity contribution is -0.140. The maximum absolute atomic E-state index is 11.5. The molecule has 1 aromatic carbocycles. The number of carbonyl (C=O) groups is 1. The van der Waals surface area contributed by atoms with Gasteiger partial charge < -0.3 is 4.74 Å². The number of esters is 1. The third-order valence-electron chi connectivity index (χ3n) is 2.52. The molecule has 0 radical (unpaired) electrons. The van der Waals surface area contributed by atoms with Crippen LogP contribution in [0.4, 0.5) is 0 Å². The Kier molecular flexibility index (Phi) is 3.18. The van der Waals surface area contributed by atoms with Crippen LogP contribution in [0, 0.1) is 0 Å². The molecule has 2 heteroatoms. The topological polar surface area (TPSA) is 26.3 Å². The molecule has 78 valence electrons. The van der Waals surface area contributed by atoms with Gasteiger partial charge in [-0.3, -0.25) is 0 Å². The van der Waals surface area contributed by atoms with Crippen molar-refractivity contribution in [2.24, 2.45) is 0 Å². The summed E-state index contributed by atoms with van der Waals surface area (Å²) >= 11 is 0. The molecule has 0 unspecified atom stereocenters. The fraction of sp³-hybridized carbons (Fsp3) is 0.308. The van der Waals surface area contributed by atoms with Gasteiger partial charge in [-0.25, -0.2) is 4.79 Å². The largest absolute Gasteiger partial charge is 0.457 e. The summed E-state index contributed by atoms with van der Waals surface area (Å²) in [4.78, 5) is 11.5. The van der Waals surface area contributed by atoms with E-state index in [0.717, 1.165) is 30.4 Å². The molecule has 2 nitrogen and oxygen atoms in total. The standard InChI is InChI=1S/C13H14O2/c14-13(12-8-4-5-9-12)15-10-11-6-2-1-3-7-11/h1-3,6-8H,4-5,9-10H2. The molecule has 2 rings (SSSR count). The van der Waals surface area contributed by atoms with Gasteiger partial charge >= 0.3 is 5.97 Å². The van der Waals surface area contributed by atoms with Gasteiger partial charge in [-0.05, 0) is 24.8 Å². The lowest BCUT2D eigenvalue weighted by atomic mass is 10.2. The lowest BCUT2D eigenvalue weighted by Crippen LogP contribution is -2.06. The Morgan fingerprint density at radius 1 is 1.27 bits per heavy atom. The summed E-state index contributed by atoms with van der Waals surface area (Å²) in [6, 6.07) is 9.74. The van der Waals surface area contributed by atoms with Crippen LogP contribution in [0.2, 0.25) is 0 Å². The van der Waals surface area contributed by atoms with Gasteiger partial charge in [0.15, 0.2) is 0 Å². The molecular formula is C13H14O2. The van der Waals surface area contributed by atoms with Gasteiger partial charge in [-0.1, -0.05) is 36.4 Å². The molecule has 0 saturated carbocycles. The van der Waals surface area contributed by atoms with E-state index in [0.29, 0.717) is 6.61 Å². The Morgan fingerprint density at radius 3 is 2.73 bits per heavy atom. The Labute approximate surface area is 89.6 Å². The van der Waals surface area contributed by atoms with E-state index in [1.807, 2.05) is 36.4 Å². The van der Waals surface area contributed by atoms with Gasteiger partial charge in [0.05, 0.1) is 0 Å². The average molecular weight is 202 g/mol. The number of hydrogen-bond acceptors (Lipinski definition) is 2. The predicted octanol–water partition coefficient (Wildman–Crippen LogP) is 2.84. The molecule has 0 N–H and O–H groups in total. The number of benzene rings is 1. The third kappa shape index (κ3) is 2.69. The van der Waals surface area contributed by atoms with Crippen LogP contribution in [0.15, 0.2) is 42.0 Å². The summed E-state index contributed by atoms with van der Waals surface area (Å²) in [6.07, 6.45) is 4.94. The van der Waals surface area contributed by atoms with Crippen LogP contribution >= 0.6 is 0 Å². The first-order chi connectivity index (χ1) is 7.36. The predicted molar refractivity (Wildman–Crippen MR) is 58.2 cm³/mol. The first kappa shape index (κ1) is 9.97. The highest BCUT2D eigenvalue weighted by atomic mass is 16.5. The summed E-state index contributed by atoms with van der Waals surface area (Å²) in [5.41, 5.74) is 1.87. The van der Waals surface area contributed by atoms with Crippen molar-refractivity contribution in [2.75, 3.05) is 0 Å². The molecule has 0 saturated heterocycles. The zero-order valence-corrected chi connectivity index (χ0v) is 8.61. The van der Waals surface area contributed by atoms with Crippen LogP contribution in [-0.4, -0.2) is 5.97 Å². The second-order valence-electron chi connectivity index (χ2n) is 3.68. The summed E-state index contributed by atoms with van der Waals surface area (Å²) < 4.78 is 5.20. The van der Waals surface area contributed by atoms with Crippen molar-refractivity contribution in [3.8, 4) is 0 Å². The number of carbonyl (C=O) groups excluding carboxylic acids is 1. The lowest BCUT2D eigenvalue weighted by Gasteiger charge is -2.04. The highest BCUT2D eigenvalue weighted by Gasteiger charge is 2.14. The maximum Gasteiger partial charge on any atom is 0.334 e. The van der Waals surface area contributed by atoms with Gasteiger partial charge in [0, 0.05) is 5.57 Å². The monoisotopic (exact) mass is 202 g/mol. The molecule has 0 atom stereocenters. The molecule has 0 heterocycles. The minimum Gasteiger partial charge on any atom is -0.457 e. The van der Waals surface area contributed by atoms with Crippen molar-refractivity contribution >= 4 is 5.97 Å². The quantitative estimate of drug-likeness (QED) is 0.704. The summed E-state index contributed by atoms with van der Waals surface area (Å²) in [7, 11) is 0. The molecule has 0 aromatic heterocycles. The summed E-state index contributed by atoms with van der Waals surface area (Å²) in [5, 5.41) is 0. The zero-order valence-electron chi connectivity index (χ0n) is 8.61. The summed E-state index contributed by atoms with van der Waals surface area (Å²) in [6.45, 7) is 0.372. The number of allylic oxidation sites excluding steroid dienone is 1. The molecular weight excluding hydrogens is 188 g/mol. The Hall–Kier alpha value is -1.57. The molecule has 0 amide bonds. The van der Waals surface area contributed by atoms with Crippen LogP contribution in [0.3, 0.4) is 0 Å². The van der Waals surface area contributed by atoms with Crippen molar-refractivity contribution in [1.82, 2.24) is 0 Å². The van der Waals surface area contributed by atoms with Crippen molar-refractivity contribution < 1.29 is 9.53 Å². The molecule has 1 aromatic rings. The third-order valence-corrected chi connectivity index (χ3v) is 2.52. The number of rotatable bonds is 3. The van der Waals surface area contributed by atoms with E-state index >= 15 is 0 Å². The second-order valence-corrected chi connectivity index (χ2v) is 3.68. The van der Waals surface area contributed by atoms with Crippen LogP contribution in [0.5, 0.6) is 0 Å². The van der Waals surface area contributed by atoms with Crippen molar-refractivity contribution in [1.29, 1.82) is 0 Å². The normalized spacial score (nSPS) is 14.8. The van der Waals surface area contributed by atoms with E-state index in [9.17, 15) is 4.79 Å². The van der Waals surface area contributed by atoms with Gasteiger partial charge in [-0.2, -0.15) is 0 Å².